The van der Waals surface area contributed by atoms with Gasteiger partial charge in [0.15, 0.2) is 0 Å². The Balaban J connectivity index is 0.00000110. The number of carbonyl (C=O) groups is 1. The number of benzene rings is 1. The molecule has 0 unspecified atom stereocenters. The van der Waals surface area contributed by atoms with E-state index in [-0.39, 0.29) is 30.7 Å². The summed E-state index contributed by atoms with van der Waals surface area (Å²) >= 11 is 0. The van der Waals surface area contributed by atoms with Crippen LogP contribution in [0.25, 0.3) is 10.9 Å². The van der Waals surface area contributed by atoms with E-state index in [0.29, 0.717) is 5.56 Å². The van der Waals surface area contributed by atoms with Gasteiger partial charge in [0.25, 0.3) is 5.91 Å². The lowest BCUT2D eigenvalue weighted by Crippen LogP contribution is -2.34. The molecule has 0 atom stereocenters. The number of halogens is 2. The highest BCUT2D eigenvalue weighted by Crippen LogP contribution is 2.18. The van der Waals surface area contributed by atoms with Crippen molar-refractivity contribution in [2.75, 3.05) is 26.2 Å². The number of carbonyl (C=O) groups excluding carboxylic acids is 1. The molecule has 1 amide bonds. The number of para-hydroxylation sites is 1. The van der Waals surface area contributed by atoms with Crippen LogP contribution in [0.3, 0.4) is 0 Å². The summed E-state index contributed by atoms with van der Waals surface area (Å²) in [4.78, 5) is 18.9. The van der Waals surface area contributed by atoms with Crippen LogP contribution in [-0.4, -0.2) is 42.0 Å². The van der Waals surface area contributed by atoms with E-state index in [1.807, 2.05) is 35.2 Å². The molecule has 114 valence electrons. The maximum absolute atomic E-state index is 12.6. The Bertz CT molecular complexity index is 593. The van der Waals surface area contributed by atoms with Crippen molar-refractivity contribution in [1.29, 1.82) is 0 Å². The molecule has 4 nitrogen and oxygen atoms in total. The van der Waals surface area contributed by atoms with Crippen molar-refractivity contribution >= 4 is 41.6 Å². The topological polar surface area (TPSA) is 45.2 Å². The first kappa shape index (κ1) is 17.7. The molecule has 6 heteroatoms. The van der Waals surface area contributed by atoms with E-state index >= 15 is 0 Å². The third-order valence-corrected chi connectivity index (χ3v) is 3.49. The number of pyridine rings is 1. The SMILES string of the molecule is Cl.Cl.O=C(c1cccc2cccnc12)N1CCCNCC1. The fourth-order valence-electron chi connectivity index (χ4n) is 2.50. The zero-order valence-corrected chi connectivity index (χ0v) is 13.3. The van der Waals surface area contributed by atoms with Crippen LogP contribution in [0.2, 0.25) is 0 Å². The number of hydrogen-bond acceptors (Lipinski definition) is 3. The van der Waals surface area contributed by atoms with Gasteiger partial charge in [-0.3, -0.25) is 9.78 Å². The zero-order valence-electron chi connectivity index (χ0n) is 11.6. The van der Waals surface area contributed by atoms with Crippen LogP contribution in [0.4, 0.5) is 0 Å². The lowest BCUT2D eigenvalue weighted by atomic mass is 10.1. The molecule has 1 saturated heterocycles. The largest absolute Gasteiger partial charge is 0.337 e. The number of rotatable bonds is 1. The van der Waals surface area contributed by atoms with Gasteiger partial charge in [-0.15, -0.1) is 24.8 Å². The number of amides is 1. The first-order chi connectivity index (χ1) is 9.36. The van der Waals surface area contributed by atoms with Crippen LogP contribution in [0.15, 0.2) is 36.5 Å². The molecule has 1 aliphatic heterocycles. The molecule has 1 N–H and O–H groups in total. The van der Waals surface area contributed by atoms with Gasteiger partial charge in [0.1, 0.15) is 0 Å². The zero-order chi connectivity index (χ0) is 13.1. The molecule has 0 saturated carbocycles. The van der Waals surface area contributed by atoms with Gasteiger partial charge in [0.05, 0.1) is 11.1 Å². The standard InChI is InChI=1S/C15H17N3O.2ClH/c19-15(18-10-3-7-16-9-11-18)13-6-1-4-12-5-2-8-17-14(12)13;;/h1-2,4-6,8,16H,3,7,9-11H2;2*1H. The molecule has 1 aliphatic rings. The van der Waals surface area contributed by atoms with Gasteiger partial charge >= 0.3 is 0 Å². The first-order valence-corrected chi connectivity index (χ1v) is 6.70. The number of aromatic nitrogens is 1. The summed E-state index contributed by atoms with van der Waals surface area (Å²) < 4.78 is 0. The van der Waals surface area contributed by atoms with Crippen molar-refractivity contribution in [3.63, 3.8) is 0 Å². The smallest absolute Gasteiger partial charge is 0.256 e. The Morgan fingerprint density at radius 2 is 1.90 bits per heavy atom. The Kier molecular flexibility index (Phi) is 6.89. The van der Waals surface area contributed by atoms with Crippen LogP contribution in [0.5, 0.6) is 0 Å². The predicted molar refractivity (Wildman–Crippen MR) is 89.6 cm³/mol. The summed E-state index contributed by atoms with van der Waals surface area (Å²) in [5, 5.41) is 4.33. The fraction of sp³-hybridized carbons (Fsp3) is 0.333. The molecule has 1 aromatic carbocycles. The molecule has 3 rings (SSSR count). The molecule has 1 fully saturated rings. The van der Waals surface area contributed by atoms with Gasteiger partial charge in [-0.25, -0.2) is 0 Å². The molecule has 0 radical (unpaired) electrons. The minimum atomic E-state index is 0. The monoisotopic (exact) mass is 327 g/mol. The molecular weight excluding hydrogens is 309 g/mol. The average Bonchev–Trinajstić information content (AvgIpc) is 2.75. The molecule has 2 heterocycles. The normalized spacial score (nSPS) is 14.8. The van der Waals surface area contributed by atoms with Crippen LogP contribution >= 0.6 is 24.8 Å². The van der Waals surface area contributed by atoms with E-state index in [0.717, 1.165) is 43.5 Å². The van der Waals surface area contributed by atoms with E-state index in [1.165, 1.54) is 0 Å². The van der Waals surface area contributed by atoms with E-state index < -0.39 is 0 Å². The lowest BCUT2D eigenvalue weighted by Gasteiger charge is -2.20. The fourth-order valence-corrected chi connectivity index (χ4v) is 2.50. The Morgan fingerprint density at radius 3 is 2.76 bits per heavy atom. The molecule has 0 bridgehead atoms. The van der Waals surface area contributed by atoms with E-state index in [9.17, 15) is 4.79 Å². The first-order valence-electron chi connectivity index (χ1n) is 6.70. The summed E-state index contributed by atoms with van der Waals surface area (Å²) in [7, 11) is 0. The van der Waals surface area contributed by atoms with Gasteiger partial charge in [-0.05, 0) is 25.1 Å². The third kappa shape index (κ3) is 3.84. The third-order valence-electron chi connectivity index (χ3n) is 3.49. The molecule has 2 aromatic rings. The number of fused-ring (bicyclic) bond motifs is 1. The van der Waals surface area contributed by atoms with Crippen molar-refractivity contribution in [2.45, 2.75) is 6.42 Å². The minimum Gasteiger partial charge on any atom is -0.337 e. The minimum absolute atomic E-state index is 0. The molecular formula is C15H19Cl2N3O. The Morgan fingerprint density at radius 1 is 1.10 bits per heavy atom. The van der Waals surface area contributed by atoms with Crippen LogP contribution < -0.4 is 5.32 Å². The van der Waals surface area contributed by atoms with Crippen LogP contribution in [0.1, 0.15) is 16.8 Å². The van der Waals surface area contributed by atoms with Crippen molar-refractivity contribution in [2.24, 2.45) is 0 Å². The molecule has 21 heavy (non-hydrogen) atoms. The summed E-state index contributed by atoms with van der Waals surface area (Å²) in [6, 6.07) is 9.67. The van der Waals surface area contributed by atoms with Crippen molar-refractivity contribution < 1.29 is 4.79 Å². The summed E-state index contributed by atoms with van der Waals surface area (Å²) in [6.45, 7) is 3.43. The van der Waals surface area contributed by atoms with Crippen LogP contribution in [0, 0.1) is 0 Å². The maximum atomic E-state index is 12.6. The lowest BCUT2D eigenvalue weighted by molar-refractivity contribution is 0.0768. The van der Waals surface area contributed by atoms with Gasteiger partial charge in [-0.2, -0.15) is 0 Å². The number of nitrogens with one attached hydrogen (secondary N) is 1. The van der Waals surface area contributed by atoms with Gasteiger partial charge in [0.2, 0.25) is 0 Å². The highest BCUT2D eigenvalue weighted by molar-refractivity contribution is 6.05. The summed E-state index contributed by atoms with van der Waals surface area (Å²) in [6.07, 6.45) is 2.74. The number of nitrogens with zero attached hydrogens (tertiary/aromatic N) is 2. The second-order valence-corrected chi connectivity index (χ2v) is 4.78. The Hall–Kier alpha value is -1.36. The van der Waals surface area contributed by atoms with Crippen molar-refractivity contribution in [1.82, 2.24) is 15.2 Å². The molecule has 0 aliphatic carbocycles. The quantitative estimate of drug-likeness (QED) is 0.875. The predicted octanol–water partition coefficient (Wildman–Crippen LogP) is 2.51. The summed E-state index contributed by atoms with van der Waals surface area (Å²) in [5.74, 6) is 0.0907. The number of hydrogen-bond donors (Lipinski definition) is 1. The maximum Gasteiger partial charge on any atom is 0.256 e. The average molecular weight is 328 g/mol. The Labute approximate surface area is 136 Å². The van der Waals surface area contributed by atoms with E-state index in [4.69, 9.17) is 0 Å². The van der Waals surface area contributed by atoms with Gasteiger partial charge < -0.3 is 10.2 Å². The second-order valence-electron chi connectivity index (χ2n) is 4.78. The summed E-state index contributed by atoms with van der Waals surface area (Å²) in [5.41, 5.74) is 1.51. The van der Waals surface area contributed by atoms with E-state index in [1.54, 1.807) is 6.20 Å². The second kappa shape index (κ2) is 8.17. The molecule has 0 spiro atoms. The van der Waals surface area contributed by atoms with Crippen LogP contribution in [-0.2, 0) is 0 Å². The highest BCUT2D eigenvalue weighted by atomic mass is 35.5. The molecule has 1 aromatic heterocycles. The van der Waals surface area contributed by atoms with Gasteiger partial charge in [0, 0.05) is 31.2 Å². The van der Waals surface area contributed by atoms with Gasteiger partial charge in [-0.1, -0.05) is 18.2 Å². The van der Waals surface area contributed by atoms with Crippen molar-refractivity contribution in [3.05, 3.63) is 42.1 Å². The van der Waals surface area contributed by atoms with E-state index in [2.05, 4.69) is 10.3 Å². The van der Waals surface area contributed by atoms with Crippen molar-refractivity contribution in [3.8, 4) is 0 Å². The highest BCUT2D eigenvalue weighted by Gasteiger charge is 2.19.